The van der Waals surface area contributed by atoms with E-state index in [1.165, 1.54) is 57.7 Å². The predicted octanol–water partition coefficient (Wildman–Crippen LogP) is 4.77. The first kappa shape index (κ1) is 15.2. The van der Waals surface area contributed by atoms with Crippen LogP contribution in [0.4, 0.5) is 0 Å². The molecule has 0 unspecified atom stereocenters. The van der Waals surface area contributed by atoms with Crippen molar-refractivity contribution in [3.05, 3.63) is 0 Å². The molecule has 1 aliphatic rings. The zero-order valence-corrected chi connectivity index (χ0v) is 11.4. The Balaban J connectivity index is 0.000000921. The van der Waals surface area contributed by atoms with Crippen LogP contribution < -0.4 is 0 Å². The van der Waals surface area contributed by atoms with E-state index in [1.54, 1.807) is 0 Å². The molecule has 0 atom stereocenters. The Hall–Kier alpha value is 0.250. The van der Waals surface area contributed by atoms with E-state index in [4.69, 9.17) is 4.74 Å². The third-order valence-corrected chi connectivity index (χ3v) is 3.11. The molecule has 0 spiro atoms. The van der Waals surface area contributed by atoms with Gasteiger partial charge in [0, 0.05) is 13.0 Å². The number of halogens is 1. The van der Waals surface area contributed by atoms with E-state index in [9.17, 15) is 0 Å². The first-order chi connectivity index (χ1) is 7.27. The van der Waals surface area contributed by atoms with Gasteiger partial charge in [-0.25, -0.2) is 0 Å². The lowest BCUT2D eigenvalue weighted by atomic mass is 9.86. The molecule has 0 radical (unpaired) electrons. The van der Waals surface area contributed by atoms with Gasteiger partial charge in [-0.1, -0.05) is 39.0 Å². The van der Waals surface area contributed by atoms with E-state index in [1.807, 2.05) is 0 Å². The minimum absolute atomic E-state index is 0.228. The van der Waals surface area contributed by atoms with Crippen molar-refractivity contribution in [1.29, 1.82) is 0 Å². The van der Waals surface area contributed by atoms with Crippen LogP contribution >= 0.6 is 11.6 Å². The van der Waals surface area contributed by atoms with Crippen molar-refractivity contribution >= 4 is 11.6 Å². The predicted molar refractivity (Wildman–Crippen MR) is 68.7 cm³/mol. The molecule has 15 heavy (non-hydrogen) atoms. The van der Waals surface area contributed by atoms with E-state index in [0.29, 0.717) is 0 Å². The smallest absolute Gasteiger partial charge is 0.0654 e. The zero-order valence-electron chi connectivity index (χ0n) is 10.7. The molecule has 0 heterocycles. The van der Waals surface area contributed by atoms with Crippen molar-refractivity contribution in [1.82, 2.24) is 0 Å². The van der Waals surface area contributed by atoms with Crippen molar-refractivity contribution in [3.63, 3.8) is 0 Å². The van der Waals surface area contributed by atoms with Crippen molar-refractivity contribution in [2.45, 2.75) is 70.8 Å². The number of rotatable bonds is 5. The average Bonchev–Trinajstić information content (AvgIpc) is 2.28. The van der Waals surface area contributed by atoms with E-state index >= 15 is 0 Å². The second kappa shape index (κ2) is 9.47. The Kier molecular flexibility index (Phi) is 9.63. The van der Waals surface area contributed by atoms with Crippen molar-refractivity contribution < 1.29 is 4.74 Å². The molecule has 0 saturated heterocycles. The van der Waals surface area contributed by atoms with Crippen LogP contribution in [0.1, 0.15) is 65.2 Å². The van der Waals surface area contributed by atoms with Crippen LogP contribution in [-0.4, -0.2) is 18.6 Å². The molecular weight excluding hydrogens is 208 g/mol. The van der Waals surface area contributed by atoms with Crippen LogP contribution in [0.2, 0.25) is 0 Å². The minimum Gasteiger partial charge on any atom is -0.375 e. The maximum Gasteiger partial charge on any atom is 0.0654 e. The van der Waals surface area contributed by atoms with E-state index in [-0.39, 0.29) is 5.60 Å². The average molecular weight is 235 g/mol. The van der Waals surface area contributed by atoms with Gasteiger partial charge in [0.25, 0.3) is 0 Å². The lowest BCUT2D eigenvalue weighted by Gasteiger charge is -2.33. The largest absolute Gasteiger partial charge is 0.375 e. The molecule has 0 bridgehead atoms. The monoisotopic (exact) mass is 234 g/mol. The molecule has 0 aromatic rings. The topological polar surface area (TPSA) is 9.23 Å². The van der Waals surface area contributed by atoms with Crippen LogP contribution in [0.15, 0.2) is 0 Å². The summed E-state index contributed by atoms with van der Waals surface area (Å²) in [5, 5.41) is 0. The summed E-state index contributed by atoms with van der Waals surface area (Å²) in [6.07, 6.45) is 12.0. The molecule has 0 amide bonds. The Labute approximate surface area is 101 Å². The molecule has 0 aromatic carbocycles. The van der Waals surface area contributed by atoms with Gasteiger partial charge in [-0.15, -0.1) is 11.6 Å². The van der Waals surface area contributed by atoms with Gasteiger partial charge in [0.2, 0.25) is 0 Å². The van der Waals surface area contributed by atoms with Crippen LogP contribution in [0, 0.1) is 0 Å². The Morgan fingerprint density at radius 2 is 1.67 bits per heavy atom. The fraction of sp³-hybridized carbons (Fsp3) is 1.00. The molecule has 1 saturated carbocycles. The maximum atomic E-state index is 5.97. The molecule has 1 aliphatic carbocycles. The highest BCUT2D eigenvalue weighted by Crippen LogP contribution is 2.31. The van der Waals surface area contributed by atoms with Gasteiger partial charge >= 0.3 is 0 Å². The zero-order chi connectivity index (χ0) is 11.6. The number of hydrogen-bond donors (Lipinski definition) is 0. The van der Waals surface area contributed by atoms with Crippen LogP contribution in [-0.2, 0) is 4.74 Å². The molecule has 2 heteroatoms. The summed E-state index contributed by atoms with van der Waals surface area (Å²) in [6, 6.07) is 0. The second-order valence-corrected chi connectivity index (χ2v) is 4.57. The molecular formula is C13H27ClO. The normalized spacial score (nSPS) is 19.2. The van der Waals surface area contributed by atoms with E-state index < -0.39 is 0 Å². The molecule has 1 fully saturated rings. The fourth-order valence-electron chi connectivity index (χ4n) is 2.11. The van der Waals surface area contributed by atoms with Crippen LogP contribution in [0.5, 0.6) is 0 Å². The van der Waals surface area contributed by atoms with Gasteiger partial charge in [0.05, 0.1) is 5.60 Å². The number of hydrogen-bond acceptors (Lipinski definition) is 1. The van der Waals surface area contributed by atoms with Gasteiger partial charge in [-0.2, -0.15) is 0 Å². The standard InChI is InChI=1S/C12H24O.CH3Cl/c1-3-4-8-11-13-12(2)9-6-5-7-10-12;1-2/h3-11H2,1-2H3;1H3. The summed E-state index contributed by atoms with van der Waals surface area (Å²) in [4.78, 5) is 0. The van der Waals surface area contributed by atoms with Gasteiger partial charge in [0.1, 0.15) is 0 Å². The molecule has 0 aromatic heterocycles. The third kappa shape index (κ3) is 7.19. The first-order valence-electron chi connectivity index (χ1n) is 6.28. The summed E-state index contributed by atoms with van der Waals surface area (Å²) < 4.78 is 5.97. The summed E-state index contributed by atoms with van der Waals surface area (Å²) in [5.41, 5.74) is 0.228. The minimum atomic E-state index is 0.228. The highest BCUT2D eigenvalue weighted by atomic mass is 35.5. The fourth-order valence-corrected chi connectivity index (χ4v) is 2.11. The van der Waals surface area contributed by atoms with Gasteiger partial charge < -0.3 is 4.74 Å². The van der Waals surface area contributed by atoms with Gasteiger partial charge in [-0.05, 0) is 26.2 Å². The summed E-state index contributed by atoms with van der Waals surface area (Å²) in [7, 11) is 0. The summed E-state index contributed by atoms with van der Waals surface area (Å²) in [5.74, 6) is 0. The molecule has 0 N–H and O–H groups in total. The van der Waals surface area contributed by atoms with E-state index in [0.717, 1.165) is 6.61 Å². The van der Waals surface area contributed by atoms with Gasteiger partial charge in [-0.3, -0.25) is 0 Å². The van der Waals surface area contributed by atoms with Gasteiger partial charge in [0.15, 0.2) is 0 Å². The van der Waals surface area contributed by atoms with Crippen molar-refractivity contribution in [2.24, 2.45) is 0 Å². The number of unbranched alkanes of at least 4 members (excludes halogenated alkanes) is 2. The second-order valence-electron chi connectivity index (χ2n) is 4.57. The van der Waals surface area contributed by atoms with E-state index in [2.05, 4.69) is 25.4 Å². The molecule has 0 aliphatic heterocycles. The van der Waals surface area contributed by atoms with Crippen molar-refractivity contribution in [2.75, 3.05) is 13.0 Å². The Morgan fingerprint density at radius 1 is 1.07 bits per heavy atom. The third-order valence-electron chi connectivity index (χ3n) is 3.11. The first-order valence-corrected chi connectivity index (χ1v) is 7.04. The SMILES string of the molecule is CCCCCOC1(C)CCCCC1.CCl. The highest BCUT2D eigenvalue weighted by molar-refractivity contribution is 6.15. The number of ether oxygens (including phenoxy) is 1. The molecule has 1 rings (SSSR count). The van der Waals surface area contributed by atoms with Crippen LogP contribution in [0.3, 0.4) is 0 Å². The summed E-state index contributed by atoms with van der Waals surface area (Å²) >= 11 is 4.64. The van der Waals surface area contributed by atoms with Crippen molar-refractivity contribution in [3.8, 4) is 0 Å². The maximum absolute atomic E-state index is 5.97. The quantitative estimate of drug-likeness (QED) is 0.492. The lowest BCUT2D eigenvalue weighted by Crippen LogP contribution is -2.31. The molecule has 92 valence electrons. The Morgan fingerprint density at radius 3 is 2.20 bits per heavy atom. The van der Waals surface area contributed by atoms with Crippen LogP contribution in [0.25, 0.3) is 0 Å². The lowest BCUT2D eigenvalue weighted by molar-refractivity contribution is -0.0573. The highest BCUT2D eigenvalue weighted by Gasteiger charge is 2.26. The molecule has 1 nitrogen and oxygen atoms in total. The summed E-state index contributed by atoms with van der Waals surface area (Å²) in [6.45, 7) is 5.50. The Bertz CT molecular complexity index is 130. The number of alkyl halides is 1.